The van der Waals surface area contributed by atoms with E-state index < -0.39 is 0 Å². The molecule has 0 fully saturated rings. The van der Waals surface area contributed by atoms with Gasteiger partial charge < -0.3 is 10.6 Å². The number of nitrogens with two attached hydrogens (primary N) is 1. The maximum Gasteiger partial charge on any atom is 0.227 e. The molecule has 0 unspecified atom stereocenters. The monoisotopic (exact) mass is 282 g/mol. The SMILES string of the molecule is CCc1ccc(N(C)C(=O)CCc2ccc(N)cc2)cc1. The topological polar surface area (TPSA) is 46.3 Å². The second kappa shape index (κ2) is 6.93. The first-order valence-electron chi connectivity index (χ1n) is 7.30. The van der Waals surface area contributed by atoms with Gasteiger partial charge in [0.1, 0.15) is 0 Å². The van der Waals surface area contributed by atoms with Gasteiger partial charge in [-0.1, -0.05) is 31.2 Å². The molecule has 0 radical (unpaired) electrons. The molecule has 110 valence electrons. The van der Waals surface area contributed by atoms with E-state index in [1.165, 1.54) is 5.56 Å². The van der Waals surface area contributed by atoms with Crippen LogP contribution in [-0.4, -0.2) is 13.0 Å². The van der Waals surface area contributed by atoms with E-state index in [4.69, 9.17) is 5.73 Å². The van der Waals surface area contributed by atoms with Crippen LogP contribution in [0.4, 0.5) is 11.4 Å². The molecule has 0 saturated heterocycles. The lowest BCUT2D eigenvalue weighted by atomic mass is 10.1. The van der Waals surface area contributed by atoms with Crippen LogP contribution < -0.4 is 10.6 Å². The second-order valence-electron chi connectivity index (χ2n) is 5.21. The fourth-order valence-electron chi connectivity index (χ4n) is 2.20. The smallest absolute Gasteiger partial charge is 0.227 e. The zero-order valence-corrected chi connectivity index (χ0v) is 12.7. The Morgan fingerprint density at radius 1 is 1.00 bits per heavy atom. The van der Waals surface area contributed by atoms with Crippen molar-refractivity contribution in [1.82, 2.24) is 0 Å². The van der Waals surface area contributed by atoms with E-state index in [1.807, 2.05) is 43.4 Å². The number of aryl methyl sites for hydroxylation is 2. The first-order valence-corrected chi connectivity index (χ1v) is 7.30. The zero-order valence-electron chi connectivity index (χ0n) is 12.7. The van der Waals surface area contributed by atoms with Crippen LogP contribution >= 0.6 is 0 Å². The Labute approximate surface area is 126 Å². The van der Waals surface area contributed by atoms with E-state index in [-0.39, 0.29) is 5.91 Å². The predicted octanol–water partition coefficient (Wildman–Crippen LogP) is 3.43. The van der Waals surface area contributed by atoms with Gasteiger partial charge in [0.05, 0.1) is 0 Å². The van der Waals surface area contributed by atoms with Crippen molar-refractivity contribution in [2.24, 2.45) is 0 Å². The van der Waals surface area contributed by atoms with Crippen molar-refractivity contribution >= 4 is 17.3 Å². The van der Waals surface area contributed by atoms with E-state index in [1.54, 1.807) is 4.90 Å². The molecule has 0 aromatic heterocycles. The summed E-state index contributed by atoms with van der Waals surface area (Å²) in [5.41, 5.74) is 9.75. The van der Waals surface area contributed by atoms with Gasteiger partial charge in [0.25, 0.3) is 0 Å². The molecule has 0 aliphatic heterocycles. The number of hydrogen-bond donors (Lipinski definition) is 1. The van der Waals surface area contributed by atoms with Crippen LogP contribution in [0.3, 0.4) is 0 Å². The normalized spacial score (nSPS) is 10.4. The maximum absolute atomic E-state index is 12.2. The fourth-order valence-corrected chi connectivity index (χ4v) is 2.20. The highest BCUT2D eigenvalue weighted by Gasteiger charge is 2.10. The van der Waals surface area contributed by atoms with Crippen molar-refractivity contribution in [3.8, 4) is 0 Å². The first kappa shape index (κ1) is 15.1. The molecule has 1 amide bonds. The number of carbonyl (C=O) groups excluding carboxylic acids is 1. The Morgan fingerprint density at radius 2 is 1.57 bits per heavy atom. The molecule has 0 bridgehead atoms. The summed E-state index contributed by atoms with van der Waals surface area (Å²) >= 11 is 0. The van der Waals surface area contributed by atoms with Crippen molar-refractivity contribution in [3.63, 3.8) is 0 Å². The average molecular weight is 282 g/mol. The molecule has 3 heteroatoms. The van der Waals surface area contributed by atoms with Crippen molar-refractivity contribution in [3.05, 3.63) is 59.7 Å². The van der Waals surface area contributed by atoms with Crippen LogP contribution in [0.15, 0.2) is 48.5 Å². The quantitative estimate of drug-likeness (QED) is 0.854. The van der Waals surface area contributed by atoms with Crippen molar-refractivity contribution in [2.75, 3.05) is 17.7 Å². The number of anilines is 2. The van der Waals surface area contributed by atoms with Gasteiger partial charge in [0.2, 0.25) is 5.91 Å². The van der Waals surface area contributed by atoms with E-state index >= 15 is 0 Å². The Morgan fingerprint density at radius 3 is 2.14 bits per heavy atom. The molecule has 0 spiro atoms. The minimum absolute atomic E-state index is 0.121. The Kier molecular flexibility index (Phi) is 4.99. The van der Waals surface area contributed by atoms with E-state index in [2.05, 4.69) is 19.1 Å². The van der Waals surface area contributed by atoms with Gasteiger partial charge in [0.15, 0.2) is 0 Å². The van der Waals surface area contributed by atoms with Gasteiger partial charge >= 0.3 is 0 Å². The van der Waals surface area contributed by atoms with Crippen LogP contribution in [0.1, 0.15) is 24.5 Å². The summed E-state index contributed by atoms with van der Waals surface area (Å²) in [5.74, 6) is 0.121. The molecular formula is C18H22N2O. The first-order chi connectivity index (χ1) is 10.1. The van der Waals surface area contributed by atoms with Gasteiger partial charge in [-0.3, -0.25) is 4.79 Å². The number of nitrogens with zero attached hydrogens (tertiary/aromatic N) is 1. The molecule has 0 heterocycles. The molecule has 0 aliphatic rings. The van der Waals surface area contributed by atoms with Crippen LogP contribution in [0.5, 0.6) is 0 Å². The van der Waals surface area contributed by atoms with Crippen molar-refractivity contribution in [2.45, 2.75) is 26.2 Å². The minimum atomic E-state index is 0.121. The number of amides is 1. The van der Waals surface area contributed by atoms with Crippen LogP contribution in [-0.2, 0) is 17.6 Å². The number of benzene rings is 2. The number of carbonyl (C=O) groups is 1. The molecule has 0 aliphatic carbocycles. The summed E-state index contributed by atoms with van der Waals surface area (Å²) in [6.45, 7) is 2.12. The summed E-state index contributed by atoms with van der Waals surface area (Å²) in [6.07, 6.45) is 2.24. The third-order valence-corrected chi connectivity index (χ3v) is 3.71. The molecule has 2 rings (SSSR count). The molecule has 0 atom stereocenters. The molecule has 2 N–H and O–H groups in total. The highest BCUT2D eigenvalue weighted by Crippen LogP contribution is 2.16. The summed E-state index contributed by atoms with van der Waals surface area (Å²) in [5, 5.41) is 0. The molecule has 3 nitrogen and oxygen atoms in total. The average Bonchev–Trinajstić information content (AvgIpc) is 2.53. The molecule has 2 aromatic carbocycles. The van der Waals surface area contributed by atoms with Gasteiger partial charge in [0, 0.05) is 24.8 Å². The number of nitrogen functional groups attached to an aromatic ring is 1. The van der Waals surface area contributed by atoms with Crippen molar-refractivity contribution < 1.29 is 4.79 Å². The minimum Gasteiger partial charge on any atom is -0.399 e. The van der Waals surface area contributed by atoms with Gasteiger partial charge in [-0.2, -0.15) is 0 Å². The fraction of sp³-hybridized carbons (Fsp3) is 0.278. The maximum atomic E-state index is 12.2. The largest absolute Gasteiger partial charge is 0.399 e. The number of hydrogen-bond acceptors (Lipinski definition) is 2. The van der Waals surface area contributed by atoms with E-state index in [0.717, 1.165) is 29.8 Å². The third kappa shape index (κ3) is 4.09. The molecule has 21 heavy (non-hydrogen) atoms. The summed E-state index contributed by atoms with van der Waals surface area (Å²) in [4.78, 5) is 14.0. The summed E-state index contributed by atoms with van der Waals surface area (Å²) in [6, 6.07) is 15.8. The van der Waals surface area contributed by atoms with Crippen LogP contribution in [0, 0.1) is 0 Å². The van der Waals surface area contributed by atoms with Crippen LogP contribution in [0.2, 0.25) is 0 Å². The summed E-state index contributed by atoms with van der Waals surface area (Å²) in [7, 11) is 1.83. The zero-order chi connectivity index (χ0) is 15.2. The second-order valence-corrected chi connectivity index (χ2v) is 5.21. The van der Waals surface area contributed by atoms with E-state index in [0.29, 0.717) is 6.42 Å². The van der Waals surface area contributed by atoms with Gasteiger partial charge in [-0.05, 0) is 48.2 Å². The Bertz CT molecular complexity index is 588. The molecule has 2 aromatic rings. The Hall–Kier alpha value is -2.29. The van der Waals surface area contributed by atoms with Crippen molar-refractivity contribution in [1.29, 1.82) is 0 Å². The van der Waals surface area contributed by atoms with E-state index in [9.17, 15) is 4.79 Å². The molecular weight excluding hydrogens is 260 g/mol. The highest BCUT2D eigenvalue weighted by molar-refractivity contribution is 5.92. The van der Waals surface area contributed by atoms with Gasteiger partial charge in [-0.25, -0.2) is 0 Å². The summed E-state index contributed by atoms with van der Waals surface area (Å²) < 4.78 is 0. The standard InChI is InChI=1S/C18H22N2O/c1-3-14-6-11-17(12-7-14)20(2)18(21)13-8-15-4-9-16(19)10-5-15/h4-7,9-12H,3,8,13,19H2,1-2H3. The molecule has 0 saturated carbocycles. The van der Waals surface area contributed by atoms with Gasteiger partial charge in [-0.15, -0.1) is 0 Å². The number of rotatable bonds is 5. The lowest BCUT2D eigenvalue weighted by Gasteiger charge is -2.17. The predicted molar refractivity (Wildman–Crippen MR) is 88.4 cm³/mol. The lowest BCUT2D eigenvalue weighted by Crippen LogP contribution is -2.26. The third-order valence-electron chi connectivity index (χ3n) is 3.71. The lowest BCUT2D eigenvalue weighted by molar-refractivity contribution is -0.118. The van der Waals surface area contributed by atoms with Crippen LogP contribution in [0.25, 0.3) is 0 Å². The Balaban J connectivity index is 1.93. The highest BCUT2D eigenvalue weighted by atomic mass is 16.2.